The van der Waals surface area contributed by atoms with E-state index in [9.17, 15) is 13.2 Å². The van der Waals surface area contributed by atoms with Crippen molar-refractivity contribution < 1.29 is 17.9 Å². The predicted octanol–water partition coefficient (Wildman–Crippen LogP) is 1.37. The molecule has 2 aliphatic heterocycles. The average molecular weight is 435 g/mol. The molecule has 1 aromatic carbocycles. The van der Waals surface area contributed by atoms with Gasteiger partial charge in [0.05, 0.1) is 19.5 Å². The molecular formula is C21H30N4O4S. The number of nitrogens with zero attached hydrogens (tertiary/aromatic N) is 3. The smallest absolute Gasteiger partial charge is 0.254 e. The number of aromatic amines is 1. The SMILES string of the molecule is CS(=O)(=O)N(CCN1CCOCC1)C1CCCN(C(=O)c2cccc3[nH]ccc23)C1. The molecule has 0 spiro atoms. The molecule has 2 aromatic rings. The highest BCUT2D eigenvalue weighted by molar-refractivity contribution is 7.88. The third kappa shape index (κ3) is 4.69. The molecule has 1 N–H and O–H groups in total. The minimum Gasteiger partial charge on any atom is -0.379 e. The van der Waals surface area contributed by atoms with Gasteiger partial charge in [-0.25, -0.2) is 8.42 Å². The lowest BCUT2D eigenvalue weighted by atomic mass is 10.0. The monoisotopic (exact) mass is 434 g/mol. The fourth-order valence-corrected chi connectivity index (χ4v) is 5.63. The van der Waals surface area contributed by atoms with Crippen molar-refractivity contribution >= 4 is 26.8 Å². The van der Waals surface area contributed by atoms with Gasteiger partial charge in [-0.05, 0) is 31.0 Å². The van der Waals surface area contributed by atoms with Gasteiger partial charge in [-0.2, -0.15) is 4.31 Å². The third-order valence-electron chi connectivity index (χ3n) is 6.08. The maximum absolute atomic E-state index is 13.3. The zero-order valence-corrected chi connectivity index (χ0v) is 18.2. The van der Waals surface area contributed by atoms with Crippen LogP contribution < -0.4 is 0 Å². The Kier molecular flexibility index (Phi) is 6.43. The molecule has 0 saturated carbocycles. The summed E-state index contributed by atoms with van der Waals surface area (Å²) in [6, 6.07) is 7.38. The number of carbonyl (C=O) groups excluding carboxylic acids is 1. The summed E-state index contributed by atoms with van der Waals surface area (Å²) < 4.78 is 32.1. The van der Waals surface area contributed by atoms with Crippen LogP contribution in [0.5, 0.6) is 0 Å². The van der Waals surface area contributed by atoms with Gasteiger partial charge in [0.25, 0.3) is 5.91 Å². The van der Waals surface area contributed by atoms with Gasteiger partial charge in [-0.3, -0.25) is 9.69 Å². The van der Waals surface area contributed by atoms with E-state index in [0.717, 1.165) is 36.8 Å². The van der Waals surface area contributed by atoms with Crippen molar-refractivity contribution in [1.29, 1.82) is 0 Å². The molecule has 1 unspecified atom stereocenters. The van der Waals surface area contributed by atoms with Crippen LogP contribution in [0, 0.1) is 0 Å². The van der Waals surface area contributed by atoms with E-state index in [2.05, 4.69) is 9.88 Å². The standard InChI is InChI=1S/C21H30N4O4S/c1-30(27,28)25(11-10-23-12-14-29-15-13-23)17-4-3-9-24(16-17)21(26)19-5-2-6-20-18(19)7-8-22-20/h2,5-8,17,22H,3-4,9-16H2,1H3. The normalized spacial score (nSPS) is 21.4. The number of rotatable bonds is 6. The van der Waals surface area contributed by atoms with E-state index in [4.69, 9.17) is 4.74 Å². The van der Waals surface area contributed by atoms with Crippen LogP contribution in [0.15, 0.2) is 30.5 Å². The molecule has 1 aromatic heterocycles. The van der Waals surface area contributed by atoms with Gasteiger partial charge in [-0.1, -0.05) is 6.07 Å². The molecule has 2 saturated heterocycles. The van der Waals surface area contributed by atoms with E-state index < -0.39 is 10.0 Å². The summed E-state index contributed by atoms with van der Waals surface area (Å²) in [5, 5.41) is 0.900. The molecule has 0 radical (unpaired) electrons. The zero-order chi connectivity index (χ0) is 21.1. The number of hydrogen-bond donors (Lipinski definition) is 1. The molecule has 1 amide bonds. The fourth-order valence-electron chi connectivity index (χ4n) is 4.50. The first-order valence-corrected chi connectivity index (χ1v) is 12.4. The number of morpholine rings is 1. The van der Waals surface area contributed by atoms with E-state index in [1.54, 1.807) is 4.31 Å². The molecule has 30 heavy (non-hydrogen) atoms. The van der Waals surface area contributed by atoms with E-state index in [1.165, 1.54) is 6.26 Å². The fraction of sp³-hybridized carbons (Fsp3) is 0.571. The number of aromatic nitrogens is 1. The molecule has 2 fully saturated rings. The predicted molar refractivity (Wildman–Crippen MR) is 116 cm³/mol. The van der Waals surface area contributed by atoms with Crippen LogP contribution in [0.25, 0.3) is 10.9 Å². The highest BCUT2D eigenvalue weighted by Crippen LogP contribution is 2.23. The number of amides is 1. The maximum Gasteiger partial charge on any atom is 0.254 e. The Morgan fingerprint density at radius 2 is 2.03 bits per heavy atom. The Morgan fingerprint density at radius 3 is 2.80 bits per heavy atom. The van der Waals surface area contributed by atoms with Gasteiger partial charge >= 0.3 is 0 Å². The first-order valence-electron chi connectivity index (χ1n) is 10.6. The lowest BCUT2D eigenvalue weighted by Crippen LogP contribution is -2.53. The topological polar surface area (TPSA) is 86.0 Å². The van der Waals surface area contributed by atoms with Crippen LogP contribution in [0.3, 0.4) is 0 Å². The van der Waals surface area contributed by atoms with Crippen LogP contribution in [-0.4, -0.2) is 98.2 Å². The summed E-state index contributed by atoms with van der Waals surface area (Å²) in [6.45, 7) is 5.24. The van der Waals surface area contributed by atoms with Crippen LogP contribution in [0.1, 0.15) is 23.2 Å². The van der Waals surface area contributed by atoms with Gasteiger partial charge in [0.2, 0.25) is 10.0 Å². The lowest BCUT2D eigenvalue weighted by molar-refractivity contribution is 0.0334. The molecule has 9 heteroatoms. The van der Waals surface area contributed by atoms with Crippen molar-refractivity contribution in [1.82, 2.24) is 19.1 Å². The number of likely N-dealkylation sites (tertiary alicyclic amines) is 1. The van der Waals surface area contributed by atoms with Crippen molar-refractivity contribution in [3.8, 4) is 0 Å². The first kappa shape index (κ1) is 21.3. The molecular weight excluding hydrogens is 404 g/mol. The first-order chi connectivity index (χ1) is 14.4. The minimum atomic E-state index is -3.37. The average Bonchev–Trinajstić information content (AvgIpc) is 3.22. The highest BCUT2D eigenvalue weighted by Gasteiger charge is 2.33. The molecule has 4 rings (SSSR count). The second-order valence-electron chi connectivity index (χ2n) is 8.12. The van der Waals surface area contributed by atoms with Crippen LogP contribution >= 0.6 is 0 Å². The zero-order valence-electron chi connectivity index (χ0n) is 17.4. The second kappa shape index (κ2) is 9.05. The van der Waals surface area contributed by atoms with E-state index in [1.807, 2.05) is 35.4 Å². The molecule has 0 aliphatic carbocycles. The summed E-state index contributed by atoms with van der Waals surface area (Å²) in [5.41, 5.74) is 1.59. The second-order valence-corrected chi connectivity index (χ2v) is 10.1. The molecule has 164 valence electrons. The number of nitrogens with one attached hydrogen (secondary N) is 1. The Labute approximate surface area is 177 Å². The number of hydrogen-bond acceptors (Lipinski definition) is 5. The van der Waals surface area contributed by atoms with Gasteiger partial charge in [-0.15, -0.1) is 0 Å². The lowest BCUT2D eigenvalue weighted by Gasteiger charge is -2.39. The molecule has 2 aliphatic rings. The van der Waals surface area contributed by atoms with Crippen molar-refractivity contribution in [3.63, 3.8) is 0 Å². The van der Waals surface area contributed by atoms with Gasteiger partial charge in [0.1, 0.15) is 0 Å². The van der Waals surface area contributed by atoms with Crippen molar-refractivity contribution in [2.24, 2.45) is 0 Å². The summed E-state index contributed by atoms with van der Waals surface area (Å²) in [5.74, 6) is -0.0356. The van der Waals surface area contributed by atoms with Gasteiger partial charge < -0.3 is 14.6 Å². The molecule has 0 bridgehead atoms. The Balaban J connectivity index is 1.47. The van der Waals surface area contributed by atoms with Gasteiger partial charge in [0, 0.05) is 68.0 Å². The van der Waals surface area contributed by atoms with Crippen LogP contribution in [0.2, 0.25) is 0 Å². The number of ether oxygens (including phenoxy) is 1. The highest BCUT2D eigenvalue weighted by atomic mass is 32.2. The summed E-state index contributed by atoms with van der Waals surface area (Å²) in [6.07, 6.45) is 4.67. The van der Waals surface area contributed by atoms with Gasteiger partial charge in [0.15, 0.2) is 0 Å². The Hall–Kier alpha value is -1.94. The summed E-state index contributed by atoms with van der Waals surface area (Å²) >= 11 is 0. The molecule has 3 heterocycles. The molecule has 1 atom stereocenters. The van der Waals surface area contributed by atoms with Crippen molar-refractivity contribution in [2.45, 2.75) is 18.9 Å². The van der Waals surface area contributed by atoms with E-state index in [0.29, 0.717) is 45.0 Å². The summed E-state index contributed by atoms with van der Waals surface area (Å²) in [4.78, 5) is 20.4. The number of fused-ring (bicyclic) bond motifs is 1. The maximum atomic E-state index is 13.3. The van der Waals surface area contributed by atoms with E-state index >= 15 is 0 Å². The Bertz CT molecular complexity index is 984. The third-order valence-corrected chi connectivity index (χ3v) is 7.42. The quantitative estimate of drug-likeness (QED) is 0.742. The van der Waals surface area contributed by atoms with Crippen molar-refractivity contribution in [3.05, 3.63) is 36.0 Å². The largest absolute Gasteiger partial charge is 0.379 e. The minimum absolute atomic E-state index is 0.0356. The van der Waals surface area contributed by atoms with Crippen molar-refractivity contribution in [2.75, 3.05) is 58.7 Å². The molecule has 8 nitrogen and oxygen atoms in total. The number of piperidine rings is 1. The number of sulfonamides is 1. The number of H-pyrrole nitrogens is 1. The Morgan fingerprint density at radius 1 is 1.23 bits per heavy atom. The number of benzene rings is 1. The summed E-state index contributed by atoms with van der Waals surface area (Å²) in [7, 11) is -3.37. The number of carbonyl (C=O) groups is 1. The van der Waals surface area contributed by atoms with E-state index in [-0.39, 0.29) is 11.9 Å². The van der Waals surface area contributed by atoms with Crippen LogP contribution in [0.4, 0.5) is 0 Å². The van der Waals surface area contributed by atoms with Crippen LogP contribution in [-0.2, 0) is 14.8 Å².